The van der Waals surface area contributed by atoms with Crippen LogP contribution in [0, 0.1) is 0 Å². The summed E-state index contributed by atoms with van der Waals surface area (Å²) in [6, 6.07) is 8.76. The maximum Gasteiger partial charge on any atom is 0.331 e. The summed E-state index contributed by atoms with van der Waals surface area (Å²) in [6.45, 7) is -1.76. The monoisotopic (exact) mass is 826 g/mol. The SMILES string of the molecule is COc1cc(/C=C/C(=O)O[C@H]2[C@H](O[C@@H]3[C@@H](O)[C@H](O)[C@@H](COC(=O)/C=C/c4ccc(O[C@@H]5O[C@H](CO)[C@@H](O)[C@H](O)[C@H]5O)cc4)O[C@H]3O)OC[C@@H](O)[C@@H]2O)cc(OC)c1O. The normalized spacial score (nSPS) is 34.1. The van der Waals surface area contributed by atoms with Crippen molar-refractivity contribution in [1.82, 2.24) is 0 Å². The Kier molecular flexibility index (Phi) is 15.4. The lowest BCUT2D eigenvalue weighted by Crippen LogP contribution is -2.63. The van der Waals surface area contributed by atoms with Crippen molar-refractivity contribution in [3.05, 3.63) is 59.7 Å². The number of ether oxygens (including phenoxy) is 9. The van der Waals surface area contributed by atoms with Crippen LogP contribution >= 0.6 is 0 Å². The third kappa shape index (κ3) is 10.6. The standard InChI is InChI=1S/C37H46O21/c1-50-20-11-17(12-21(51-2)27(20)43)6-10-25(41)57-34-26(42)19(39)14-53-37(34)58-33-31(47)29(45)23(55-35(33)49)15-52-24(40)9-5-16-3-7-18(8-4-16)54-36-32(48)30(46)28(44)22(13-38)56-36/h3-12,19,22-23,26,28-39,42-49H,13-15H2,1-2H3/b9-5+,10-6+/t19-,22-,23-,26+,28-,29-,30+,31+,32-,33-,34-,35-,36-,37+/m1/s1. The lowest BCUT2D eigenvalue weighted by molar-refractivity contribution is -0.350. The molecule has 5 rings (SSSR count). The summed E-state index contributed by atoms with van der Waals surface area (Å²) in [5.41, 5.74) is 0.835. The summed E-state index contributed by atoms with van der Waals surface area (Å²) in [7, 11) is 2.63. The number of phenolic OH excluding ortho intramolecular Hbond substituents is 1. The molecule has 3 fully saturated rings. The summed E-state index contributed by atoms with van der Waals surface area (Å²) in [4.78, 5) is 25.2. The number of carbonyl (C=O) groups excluding carboxylic acids is 2. The molecule has 21 nitrogen and oxygen atoms in total. The fourth-order valence-corrected chi connectivity index (χ4v) is 6.05. The van der Waals surface area contributed by atoms with E-state index in [2.05, 4.69) is 0 Å². The molecule has 0 saturated carbocycles. The van der Waals surface area contributed by atoms with Crippen LogP contribution < -0.4 is 14.2 Å². The van der Waals surface area contributed by atoms with Crippen molar-refractivity contribution < 1.29 is 103 Å². The van der Waals surface area contributed by atoms with Crippen LogP contribution in [-0.2, 0) is 38.0 Å². The van der Waals surface area contributed by atoms with Gasteiger partial charge in [0.05, 0.1) is 27.4 Å². The average molecular weight is 827 g/mol. The summed E-state index contributed by atoms with van der Waals surface area (Å²) < 4.78 is 47.8. The fraction of sp³-hybridized carbons (Fsp3) is 0.514. The zero-order valence-electron chi connectivity index (χ0n) is 30.9. The summed E-state index contributed by atoms with van der Waals surface area (Å²) in [5.74, 6) is -1.91. The minimum Gasteiger partial charge on any atom is -0.502 e. The second-order valence-corrected chi connectivity index (χ2v) is 13.3. The van der Waals surface area contributed by atoms with E-state index in [0.29, 0.717) is 11.1 Å². The first-order valence-electron chi connectivity index (χ1n) is 17.7. The molecule has 0 spiro atoms. The van der Waals surface area contributed by atoms with E-state index in [9.17, 15) is 60.7 Å². The van der Waals surface area contributed by atoms with E-state index in [1.807, 2.05) is 0 Å². The summed E-state index contributed by atoms with van der Waals surface area (Å²) >= 11 is 0. The van der Waals surface area contributed by atoms with Crippen molar-refractivity contribution in [1.29, 1.82) is 0 Å². The van der Waals surface area contributed by atoms with Gasteiger partial charge in [0.1, 0.15) is 73.4 Å². The largest absolute Gasteiger partial charge is 0.502 e. The number of methoxy groups -OCH3 is 2. The molecule has 0 aliphatic carbocycles. The Morgan fingerprint density at radius 1 is 0.724 bits per heavy atom. The van der Waals surface area contributed by atoms with Crippen LogP contribution in [-0.4, -0.2) is 183 Å². The average Bonchev–Trinajstić information content (AvgIpc) is 3.22. The third-order valence-electron chi connectivity index (χ3n) is 9.33. The molecule has 0 amide bonds. The Balaban J connectivity index is 1.12. The molecule has 3 aliphatic heterocycles. The second kappa shape index (κ2) is 20.0. The van der Waals surface area contributed by atoms with E-state index < -0.39 is 118 Å². The highest BCUT2D eigenvalue weighted by Gasteiger charge is 2.50. The molecule has 3 aliphatic rings. The predicted octanol–water partition coefficient (Wildman–Crippen LogP) is -3.33. The molecule has 10 N–H and O–H groups in total. The van der Waals surface area contributed by atoms with Crippen LogP contribution in [0.25, 0.3) is 12.2 Å². The van der Waals surface area contributed by atoms with Crippen molar-refractivity contribution in [3.8, 4) is 23.0 Å². The van der Waals surface area contributed by atoms with Gasteiger partial charge in [0.25, 0.3) is 0 Å². The van der Waals surface area contributed by atoms with Crippen LogP contribution in [0.15, 0.2) is 48.6 Å². The van der Waals surface area contributed by atoms with Crippen LogP contribution in [0.2, 0.25) is 0 Å². The maximum atomic E-state index is 12.8. The van der Waals surface area contributed by atoms with Gasteiger partial charge in [-0.1, -0.05) is 12.1 Å². The van der Waals surface area contributed by atoms with Gasteiger partial charge in [-0.25, -0.2) is 9.59 Å². The van der Waals surface area contributed by atoms with Crippen molar-refractivity contribution in [2.45, 2.75) is 86.0 Å². The number of benzene rings is 2. The van der Waals surface area contributed by atoms with Gasteiger partial charge in [-0.3, -0.25) is 0 Å². The van der Waals surface area contributed by atoms with Crippen LogP contribution in [0.1, 0.15) is 11.1 Å². The minimum atomic E-state index is -1.97. The van der Waals surface area contributed by atoms with Gasteiger partial charge in [-0.15, -0.1) is 0 Å². The number of aromatic hydroxyl groups is 1. The molecule has 14 atom stereocenters. The van der Waals surface area contributed by atoms with Crippen molar-refractivity contribution >= 4 is 24.1 Å². The molecule has 0 aromatic heterocycles. The van der Waals surface area contributed by atoms with E-state index in [0.717, 1.165) is 12.2 Å². The highest BCUT2D eigenvalue weighted by molar-refractivity contribution is 5.88. The van der Waals surface area contributed by atoms with E-state index in [1.54, 1.807) is 0 Å². The Labute approximate surface area is 330 Å². The summed E-state index contributed by atoms with van der Waals surface area (Å²) in [6.07, 6.45) is -18.2. The molecule has 21 heteroatoms. The smallest absolute Gasteiger partial charge is 0.331 e. The number of esters is 2. The highest BCUT2D eigenvalue weighted by atomic mass is 16.7. The van der Waals surface area contributed by atoms with Gasteiger partial charge >= 0.3 is 11.9 Å². The Morgan fingerprint density at radius 2 is 1.34 bits per heavy atom. The summed E-state index contributed by atoms with van der Waals surface area (Å²) in [5, 5.41) is 103. The molecule has 3 heterocycles. The first-order valence-corrected chi connectivity index (χ1v) is 17.7. The highest BCUT2D eigenvalue weighted by Crippen LogP contribution is 2.37. The molecule has 0 radical (unpaired) electrons. The van der Waals surface area contributed by atoms with E-state index >= 15 is 0 Å². The van der Waals surface area contributed by atoms with E-state index in [1.165, 1.54) is 62.8 Å². The van der Waals surface area contributed by atoms with Crippen molar-refractivity contribution in [2.75, 3.05) is 34.0 Å². The van der Waals surface area contributed by atoms with Crippen molar-refractivity contribution in [2.24, 2.45) is 0 Å². The first kappa shape index (κ1) is 44.6. The van der Waals surface area contributed by atoms with E-state index in [-0.39, 0.29) is 23.0 Å². The number of hydrogen-bond acceptors (Lipinski definition) is 21. The number of carbonyl (C=O) groups is 2. The van der Waals surface area contributed by atoms with E-state index in [4.69, 9.17) is 42.6 Å². The third-order valence-corrected chi connectivity index (χ3v) is 9.33. The molecule has 0 bridgehead atoms. The molecule has 320 valence electrons. The Bertz CT molecular complexity index is 1710. The van der Waals surface area contributed by atoms with Crippen LogP contribution in [0.5, 0.6) is 23.0 Å². The molecule has 0 unspecified atom stereocenters. The van der Waals surface area contributed by atoms with Crippen LogP contribution in [0.4, 0.5) is 0 Å². The number of rotatable bonds is 14. The lowest BCUT2D eigenvalue weighted by atomic mass is 9.98. The minimum absolute atomic E-state index is 0.0536. The molecule has 2 aromatic rings. The number of aliphatic hydroxyl groups excluding tert-OH is 9. The van der Waals surface area contributed by atoms with Gasteiger partial charge in [0.15, 0.2) is 30.2 Å². The number of aliphatic hydroxyl groups is 9. The Hall–Kier alpha value is -4.46. The molecule has 58 heavy (non-hydrogen) atoms. The topological polar surface area (TPSA) is 320 Å². The number of phenols is 1. The van der Waals surface area contributed by atoms with Crippen LogP contribution in [0.3, 0.4) is 0 Å². The van der Waals surface area contributed by atoms with Gasteiger partial charge in [0, 0.05) is 12.2 Å². The zero-order valence-corrected chi connectivity index (χ0v) is 30.9. The van der Waals surface area contributed by atoms with Gasteiger partial charge < -0.3 is 93.7 Å². The first-order chi connectivity index (χ1) is 27.6. The zero-order chi connectivity index (χ0) is 42.3. The lowest BCUT2D eigenvalue weighted by Gasteiger charge is -2.44. The molecule has 2 aromatic carbocycles. The molecular weight excluding hydrogens is 780 g/mol. The fourth-order valence-electron chi connectivity index (χ4n) is 6.05. The van der Waals surface area contributed by atoms with Crippen molar-refractivity contribution in [3.63, 3.8) is 0 Å². The quantitative estimate of drug-likeness (QED) is 0.0658. The van der Waals surface area contributed by atoms with Gasteiger partial charge in [0.2, 0.25) is 12.0 Å². The maximum absolute atomic E-state index is 12.8. The van der Waals surface area contributed by atoms with Gasteiger partial charge in [-0.2, -0.15) is 0 Å². The van der Waals surface area contributed by atoms with Gasteiger partial charge in [-0.05, 0) is 47.5 Å². The predicted molar refractivity (Wildman–Crippen MR) is 190 cm³/mol. The number of hydrogen-bond donors (Lipinski definition) is 10. The second-order valence-electron chi connectivity index (χ2n) is 13.3. The molecular formula is C37H46O21. The Morgan fingerprint density at radius 3 is 1.98 bits per heavy atom. The molecule has 3 saturated heterocycles.